The zero-order chi connectivity index (χ0) is 19.0. The molecule has 1 atom stereocenters. The number of aromatic nitrogens is 5. The van der Waals surface area contributed by atoms with E-state index in [0.29, 0.717) is 10.3 Å². The van der Waals surface area contributed by atoms with E-state index in [0.717, 1.165) is 29.5 Å². The predicted molar refractivity (Wildman–Crippen MR) is 103 cm³/mol. The van der Waals surface area contributed by atoms with Gasteiger partial charge in [-0.1, -0.05) is 13.3 Å². The standard InChI is InChI=1S/C17H18N6O2S2/c1-3-10-4-5-13-11(6-10)7-14(26-13)15-20-21-17(22(15)2)27-16-18-8-12(9-19-16)23(24)25/h7-10H,3-6H2,1-2H3. The summed E-state index contributed by atoms with van der Waals surface area (Å²) in [5.74, 6) is 1.61. The molecule has 0 radical (unpaired) electrons. The minimum absolute atomic E-state index is 0.132. The Morgan fingerprint density at radius 2 is 2.15 bits per heavy atom. The quantitative estimate of drug-likeness (QED) is 0.362. The van der Waals surface area contributed by atoms with Gasteiger partial charge in [0, 0.05) is 11.9 Å². The van der Waals surface area contributed by atoms with E-state index in [1.165, 1.54) is 47.4 Å². The maximum Gasteiger partial charge on any atom is 0.305 e. The first-order chi connectivity index (χ1) is 13.0. The Labute approximate surface area is 164 Å². The molecule has 4 rings (SSSR count). The van der Waals surface area contributed by atoms with Crippen molar-refractivity contribution < 1.29 is 4.92 Å². The Bertz CT molecular complexity index is 982. The molecule has 0 amide bonds. The smallest absolute Gasteiger partial charge is 0.304 e. The lowest BCUT2D eigenvalue weighted by molar-refractivity contribution is -0.385. The Morgan fingerprint density at radius 1 is 1.37 bits per heavy atom. The zero-order valence-electron chi connectivity index (χ0n) is 15.0. The first-order valence-electron chi connectivity index (χ1n) is 8.70. The van der Waals surface area contributed by atoms with Crippen LogP contribution in [0.2, 0.25) is 0 Å². The number of hydrogen-bond donors (Lipinski definition) is 0. The molecule has 27 heavy (non-hydrogen) atoms. The first-order valence-corrected chi connectivity index (χ1v) is 10.3. The molecule has 0 saturated carbocycles. The van der Waals surface area contributed by atoms with Crippen LogP contribution in [-0.2, 0) is 19.9 Å². The van der Waals surface area contributed by atoms with Crippen molar-refractivity contribution in [3.8, 4) is 10.7 Å². The fourth-order valence-corrected chi connectivity index (χ4v) is 5.12. The van der Waals surface area contributed by atoms with Gasteiger partial charge in [-0.05, 0) is 48.6 Å². The summed E-state index contributed by atoms with van der Waals surface area (Å²) in [4.78, 5) is 20.8. The largest absolute Gasteiger partial charge is 0.305 e. The number of nitrogens with zero attached hydrogens (tertiary/aromatic N) is 6. The van der Waals surface area contributed by atoms with Gasteiger partial charge in [0.25, 0.3) is 0 Å². The Kier molecular flexibility index (Phi) is 4.92. The van der Waals surface area contributed by atoms with Crippen molar-refractivity contribution in [1.29, 1.82) is 0 Å². The molecule has 10 heteroatoms. The number of fused-ring (bicyclic) bond motifs is 1. The third kappa shape index (κ3) is 3.59. The summed E-state index contributed by atoms with van der Waals surface area (Å²) < 4.78 is 1.92. The molecule has 0 bridgehead atoms. The van der Waals surface area contributed by atoms with E-state index in [4.69, 9.17) is 0 Å². The minimum Gasteiger partial charge on any atom is -0.304 e. The van der Waals surface area contributed by atoms with Crippen molar-refractivity contribution in [3.05, 3.63) is 39.0 Å². The SMILES string of the molecule is CCC1CCc2sc(-c3nnc(Sc4ncc([N+](=O)[O-])cn4)n3C)cc2C1. The molecule has 140 valence electrons. The van der Waals surface area contributed by atoms with Crippen LogP contribution in [0.15, 0.2) is 28.8 Å². The van der Waals surface area contributed by atoms with Crippen LogP contribution in [0.1, 0.15) is 30.2 Å². The number of nitro groups is 1. The van der Waals surface area contributed by atoms with Crippen LogP contribution in [0.4, 0.5) is 5.69 Å². The topological polar surface area (TPSA) is 99.6 Å². The van der Waals surface area contributed by atoms with Crippen LogP contribution in [-0.4, -0.2) is 29.7 Å². The normalized spacial score (nSPS) is 16.3. The molecule has 3 heterocycles. The number of hydrogen-bond acceptors (Lipinski definition) is 8. The fraction of sp³-hybridized carbons (Fsp3) is 0.412. The van der Waals surface area contributed by atoms with E-state index in [-0.39, 0.29) is 5.69 Å². The van der Waals surface area contributed by atoms with E-state index in [9.17, 15) is 10.1 Å². The van der Waals surface area contributed by atoms with Crippen molar-refractivity contribution in [2.45, 2.75) is 42.9 Å². The predicted octanol–water partition coefficient (Wildman–Crippen LogP) is 3.91. The summed E-state index contributed by atoms with van der Waals surface area (Å²) in [5, 5.41) is 20.4. The first kappa shape index (κ1) is 18.1. The average molecular weight is 403 g/mol. The van der Waals surface area contributed by atoms with Crippen LogP contribution in [0.3, 0.4) is 0 Å². The number of rotatable bonds is 5. The molecular weight excluding hydrogens is 384 g/mol. The van der Waals surface area contributed by atoms with Gasteiger partial charge in [0.2, 0.25) is 0 Å². The van der Waals surface area contributed by atoms with Gasteiger partial charge in [-0.3, -0.25) is 10.1 Å². The lowest BCUT2D eigenvalue weighted by Crippen LogP contribution is -2.10. The molecular formula is C17H18N6O2S2. The van der Waals surface area contributed by atoms with Crippen molar-refractivity contribution in [3.63, 3.8) is 0 Å². The van der Waals surface area contributed by atoms with Crippen molar-refractivity contribution >= 4 is 28.8 Å². The molecule has 0 aliphatic heterocycles. The van der Waals surface area contributed by atoms with Gasteiger partial charge >= 0.3 is 5.69 Å². The van der Waals surface area contributed by atoms with Crippen LogP contribution < -0.4 is 0 Å². The van der Waals surface area contributed by atoms with Crippen LogP contribution >= 0.6 is 23.1 Å². The van der Waals surface area contributed by atoms with Gasteiger partial charge in [0.15, 0.2) is 16.1 Å². The molecule has 1 aliphatic rings. The third-order valence-corrected chi connectivity index (χ3v) is 6.99. The van der Waals surface area contributed by atoms with Crippen molar-refractivity contribution in [2.24, 2.45) is 13.0 Å². The fourth-order valence-electron chi connectivity index (χ4n) is 3.21. The summed E-state index contributed by atoms with van der Waals surface area (Å²) in [6, 6.07) is 2.25. The Balaban J connectivity index is 1.56. The maximum atomic E-state index is 10.7. The summed E-state index contributed by atoms with van der Waals surface area (Å²) >= 11 is 3.04. The average Bonchev–Trinajstić information content (AvgIpc) is 3.25. The lowest BCUT2D eigenvalue weighted by Gasteiger charge is -2.19. The molecule has 1 aliphatic carbocycles. The van der Waals surface area contributed by atoms with E-state index < -0.39 is 4.92 Å². The second kappa shape index (κ2) is 7.35. The minimum atomic E-state index is -0.517. The van der Waals surface area contributed by atoms with Gasteiger partial charge in [-0.2, -0.15) is 0 Å². The Hall–Kier alpha value is -2.33. The number of thiophene rings is 1. The van der Waals surface area contributed by atoms with E-state index in [1.807, 2.05) is 11.6 Å². The highest BCUT2D eigenvalue weighted by Gasteiger charge is 2.23. The van der Waals surface area contributed by atoms with Crippen molar-refractivity contribution in [2.75, 3.05) is 0 Å². The van der Waals surface area contributed by atoms with E-state index in [1.54, 1.807) is 11.3 Å². The van der Waals surface area contributed by atoms with Gasteiger partial charge < -0.3 is 4.57 Å². The molecule has 3 aromatic heterocycles. The molecule has 3 aromatic rings. The van der Waals surface area contributed by atoms with Crippen LogP contribution in [0.5, 0.6) is 0 Å². The Morgan fingerprint density at radius 3 is 2.85 bits per heavy atom. The van der Waals surface area contributed by atoms with Gasteiger partial charge in [0.05, 0.1) is 9.80 Å². The van der Waals surface area contributed by atoms with E-state index >= 15 is 0 Å². The third-order valence-electron chi connectivity index (χ3n) is 4.83. The van der Waals surface area contributed by atoms with Crippen LogP contribution in [0.25, 0.3) is 10.7 Å². The number of aryl methyl sites for hydroxylation is 1. The highest BCUT2D eigenvalue weighted by atomic mass is 32.2. The molecule has 0 fully saturated rings. The molecule has 1 unspecified atom stereocenters. The monoisotopic (exact) mass is 402 g/mol. The summed E-state index contributed by atoms with van der Waals surface area (Å²) in [6.07, 6.45) is 7.19. The summed E-state index contributed by atoms with van der Waals surface area (Å²) in [5.41, 5.74) is 1.32. The highest BCUT2D eigenvalue weighted by molar-refractivity contribution is 7.99. The summed E-state index contributed by atoms with van der Waals surface area (Å²) in [7, 11) is 1.91. The summed E-state index contributed by atoms with van der Waals surface area (Å²) in [6.45, 7) is 2.26. The van der Waals surface area contributed by atoms with Gasteiger partial charge in [-0.15, -0.1) is 21.5 Å². The van der Waals surface area contributed by atoms with E-state index in [2.05, 4.69) is 33.2 Å². The molecule has 0 N–H and O–H groups in total. The van der Waals surface area contributed by atoms with Gasteiger partial charge in [0.1, 0.15) is 12.4 Å². The molecule has 8 nitrogen and oxygen atoms in total. The molecule has 0 aromatic carbocycles. The molecule has 0 saturated heterocycles. The zero-order valence-corrected chi connectivity index (χ0v) is 16.6. The van der Waals surface area contributed by atoms with Crippen molar-refractivity contribution in [1.82, 2.24) is 24.7 Å². The molecule has 0 spiro atoms. The second-order valence-corrected chi connectivity index (χ2v) is 8.60. The lowest BCUT2D eigenvalue weighted by atomic mass is 9.87. The highest BCUT2D eigenvalue weighted by Crippen LogP contribution is 2.38. The van der Waals surface area contributed by atoms with Gasteiger partial charge in [-0.25, -0.2) is 9.97 Å². The maximum absolute atomic E-state index is 10.7. The van der Waals surface area contributed by atoms with Crippen LogP contribution in [0, 0.1) is 16.0 Å². The second-order valence-electron chi connectivity index (χ2n) is 6.52.